The quantitative estimate of drug-likeness (QED) is 0.256. The number of aromatic nitrogens is 2. The van der Waals surface area contributed by atoms with E-state index in [0.29, 0.717) is 11.8 Å². The van der Waals surface area contributed by atoms with Crippen molar-refractivity contribution in [1.29, 1.82) is 0 Å². The van der Waals surface area contributed by atoms with Gasteiger partial charge in [0.05, 0.1) is 0 Å². The highest BCUT2D eigenvalue weighted by Crippen LogP contribution is 2.44. The lowest BCUT2D eigenvalue weighted by Gasteiger charge is -2.36. The summed E-state index contributed by atoms with van der Waals surface area (Å²) in [6.07, 6.45) is 28.7. The van der Waals surface area contributed by atoms with Gasteiger partial charge in [0.25, 0.3) is 0 Å². The Balaban J connectivity index is 1.29. The zero-order valence-corrected chi connectivity index (χ0v) is 24.5. The van der Waals surface area contributed by atoms with Gasteiger partial charge < -0.3 is 0 Å². The Morgan fingerprint density at radius 2 is 1.40 bits per heavy atom. The SMILES string of the molecule is Cc1cnccc1-c1cncc(C2=CCCC(C3=c4ccccc4=C(C4=Cc5ccccc5CC4)C4C=CC=CC34)=C2)c1. The van der Waals surface area contributed by atoms with Crippen molar-refractivity contribution in [2.24, 2.45) is 11.8 Å². The summed E-state index contributed by atoms with van der Waals surface area (Å²) in [5.74, 6) is 0.656. The number of hydrogen-bond donors (Lipinski definition) is 0. The standard InChI is InChI=1S/C41H34N2/c1-27-24-42-20-19-35(27)34-23-33(25-43-26-34)30-11-8-12-31(22-30)40-36-13-4-6-15-38(36)41(39-16-7-5-14-37(39)40)32-18-17-28-9-2-3-10-29(28)21-32/h2-7,9-11,13-16,19-26,36,38H,8,12,17-18H2,1H3. The van der Waals surface area contributed by atoms with E-state index in [2.05, 4.69) is 120 Å². The van der Waals surface area contributed by atoms with Gasteiger partial charge in [0.1, 0.15) is 0 Å². The molecule has 4 aliphatic rings. The Labute approximate surface area is 253 Å². The summed E-state index contributed by atoms with van der Waals surface area (Å²) < 4.78 is 0. The molecule has 2 aromatic heterocycles. The molecule has 4 aliphatic carbocycles. The lowest BCUT2D eigenvalue weighted by molar-refractivity contribution is 0.673. The van der Waals surface area contributed by atoms with Crippen LogP contribution in [0, 0.1) is 18.8 Å². The first-order valence-electron chi connectivity index (χ1n) is 15.5. The van der Waals surface area contributed by atoms with E-state index in [-0.39, 0.29) is 0 Å². The number of nitrogens with zero attached hydrogens (tertiary/aromatic N) is 2. The van der Waals surface area contributed by atoms with Gasteiger partial charge in [-0.1, -0.05) is 91.1 Å². The summed E-state index contributed by atoms with van der Waals surface area (Å²) in [6.45, 7) is 2.11. The first-order chi connectivity index (χ1) is 21.2. The van der Waals surface area contributed by atoms with E-state index in [1.165, 1.54) is 60.6 Å². The molecule has 2 heteroatoms. The molecule has 2 heterocycles. The molecule has 0 spiro atoms. The van der Waals surface area contributed by atoms with Gasteiger partial charge in [-0.2, -0.15) is 0 Å². The molecule has 0 radical (unpaired) electrons. The number of fused-ring (bicyclic) bond motifs is 3. The average molecular weight is 555 g/mol. The van der Waals surface area contributed by atoms with Crippen molar-refractivity contribution in [2.45, 2.75) is 32.6 Å². The minimum Gasteiger partial charge on any atom is -0.264 e. The van der Waals surface area contributed by atoms with Gasteiger partial charge in [-0.3, -0.25) is 9.97 Å². The normalized spacial score (nSPS) is 20.4. The highest BCUT2D eigenvalue weighted by atomic mass is 14.6. The molecule has 2 nitrogen and oxygen atoms in total. The smallest absolute Gasteiger partial charge is 0.0346 e. The maximum atomic E-state index is 4.67. The Bertz CT molecular complexity index is 2050. The summed E-state index contributed by atoms with van der Waals surface area (Å²) in [7, 11) is 0. The van der Waals surface area contributed by atoms with Crippen molar-refractivity contribution in [3.63, 3.8) is 0 Å². The Kier molecular flexibility index (Phi) is 6.48. The minimum absolute atomic E-state index is 0.322. The van der Waals surface area contributed by atoms with Crippen molar-refractivity contribution in [3.05, 3.63) is 166 Å². The number of hydrogen-bond acceptors (Lipinski definition) is 2. The number of pyridine rings is 2. The fraction of sp³-hybridized carbons (Fsp3) is 0.171. The molecule has 208 valence electrons. The van der Waals surface area contributed by atoms with E-state index in [4.69, 9.17) is 0 Å². The van der Waals surface area contributed by atoms with Crippen LogP contribution in [0.5, 0.6) is 0 Å². The highest BCUT2D eigenvalue weighted by Gasteiger charge is 2.34. The largest absolute Gasteiger partial charge is 0.264 e. The van der Waals surface area contributed by atoms with Crippen LogP contribution in [0.25, 0.3) is 33.9 Å². The summed E-state index contributed by atoms with van der Waals surface area (Å²) in [6, 6.07) is 22.4. The fourth-order valence-corrected chi connectivity index (χ4v) is 7.55. The molecule has 2 atom stereocenters. The van der Waals surface area contributed by atoms with E-state index >= 15 is 0 Å². The van der Waals surface area contributed by atoms with Crippen molar-refractivity contribution in [3.8, 4) is 11.1 Å². The third-order valence-electron chi connectivity index (χ3n) is 9.56. The minimum atomic E-state index is 0.322. The Morgan fingerprint density at radius 1 is 0.674 bits per heavy atom. The molecule has 8 rings (SSSR count). The summed E-state index contributed by atoms with van der Waals surface area (Å²) in [5.41, 5.74) is 14.7. The zero-order chi connectivity index (χ0) is 28.8. The first-order valence-corrected chi connectivity index (χ1v) is 15.5. The monoisotopic (exact) mass is 554 g/mol. The molecular formula is C41H34N2. The summed E-state index contributed by atoms with van der Waals surface area (Å²) in [5, 5.41) is 2.79. The topological polar surface area (TPSA) is 25.8 Å². The van der Waals surface area contributed by atoms with E-state index in [9.17, 15) is 0 Å². The fourth-order valence-electron chi connectivity index (χ4n) is 7.55. The molecular weight excluding hydrogens is 520 g/mol. The highest BCUT2D eigenvalue weighted by molar-refractivity contribution is 5.88. The molecule has 0 bridgehead atoms. The summed E-state index contributed by atoms with van der Waals surface area (Å²) >= 11 is 0. The van der Waals surface area contributed by atoms with Gasteiger partial charge in [-0.15, -0.1) is 0 Å². The maximum Gasteiger partial charge on any atom is 0.0346 e. The average Bonchev–Trinajstić information content (AvgIpc) is 3.07. The van der Waals surface area contributed by atoms with Gasteiger partial charge in [-0.05, 0) is 105 Å². The Morgan fingerprint density at radius 3 is 2.19 bits per heavy atom. The van der Waals surface area contributed by atoms with Crippen LogP contribution in [0.15, 0.2) is 133 Å². The third-order valence-corrected chi connectivity index (χ3v) is 9.56. The van der Waals surface area contributed by atoms with Gasteiger partial charge in [0.2, 0.25) is 0 Å². The molecule has 0 aliphatic heterocycles. The molecule has 43 heavy (non-hydrogen) atoms. The summed E-state index contributed by atoms with van der Waals surface area (Å²) in [4.78, 5) is 8.95. The van der Waals surface area contributed by atoms with Crippen LogP contribution in [0.2, 0.25) is 0 Å². The van der Waals surface area contributed by atoms with Gasteiger partial charge in [-0.25, -0.2) is 0 Å². The van der Waals surface area contributed by atoms with Crippen LogP contribution >= 0.6 is 0 Å². The van der Waals surface area contributed by atoms with Crippen LogP contribution in [-0.4, -0.2) is 9.97 Å². The lowest BCUT2D eigenvalue weighted by Crippen LogP contribution is -2.40. The van der Waals surface area contributed by atoms with Crippen molar-refractivity contribution < 1.29 is 0 Å². The van der Waals surface area contributed by atoms with Crippen LogP contribution < -0.4 is 10.4 Å². The molecule has 0 fully saturated rings. The third kappa shape index (κ3) is 4.58. The number of benzene rings is 2. The predicted octanol–water partition coefficient (Wildman–Crippen LogP) is 7.96. The van der Waals surface area contributed by atoms with E-state index in [0.717, 1.165) is 36.8 Å². The van der Waals surface area contributed by atoms with Gasteiger partial charge in [0, 0.05) is 47.8 Å². The van der Waals surface area contributed by atoms with Crippen molar-refractivity contribution >= 4 is 22.8 Å². The maximum absolute atomic E-state index is 4.67. The van der Waals surface area contributed by atoms with E-state index in [1.54, 1.807) is 0 Å². The van der Waals surface area contributed by atoms with E-state index < -0.39 is 0 Å². The molecule has 0 saturated carbocycles. The second-order valence-corrected chi connectivity index (χ2v) is 12.1. The second-order valence-electron chi connectivity index (χ2n) is 12.1. The van der Waals surface area contributed by atoms with E-state index in [1.807, 2.05) is 24.8 Å². The molecule has 4 aromatic rings. The van der Waals surface area contributed by atoms with Crippen molar-refractivity contribution in [2.75, 3.05) is 0 Å². The second kappa shape index (κ2) is 10.8. The lowest BCUT2D eigenvalue weighted by atomic mass is 9.67. The molecule has 0 amide bonds. The molecule has 0 N–H and O–H groups in total. The van der Waals surface area contributed by atoms with Crippen LogP contribution in [-0.2, 0) is 6.42 Å². The molecule has 0 saturated heterocycles. The Hall–Kier alpha value is -4.82. The molecule has 2 aromatic carbocycles. The number of rotatable bonds is 4. The van der Waals surface area contributed by atoms with Crippen LogP contribution in [0.1, 0.15) is 41.5 Å². The van der Waals surface area contributed by atoms with Crippen LogP contribution in [0.4, 0.5) is 0 Å². The molecule has 2 unspecified atom stereocenters. The zero-order valence-electron chi connectivity index (χ0n) is 24.5. The van der Waals surface area contributed by atoms with Crippen molar-refractivity contribution in [1.82, 2.24) is 9.97 Å². The van der Waals surface area contributed by atoms with Gasteiger partial charge >= 0.3 is 0 Å². The van der Waals surface area contributed by atoms with Crippen LogP contribution in [0.3, 0.4) is 0 Å². The predicted molar refractivity (Wildman–Crippen MR) is 178 cm³/mol. The number of aryl methyl sites for hydroxylation is 2. The first kappa shape index (κ1) is 25.9. The van der Waals surface area contributed by atoms with Gasteiger partial charge in [0.15, 0.2) is 0 Å². The number of allylic oxidation sites excluding steroid dienone is 9.